The highest BCUT2D eigenvalue weighted by molar-refractivity contribution is 6.17. The van der Waals surface area contributed by atoms with E-state index < -0.39 is 63.3 Å². The SMILES string of the molecule is COC(=O)C[C@H]1C(C)(C)C(=O)[C@]2(O)C[C@H]3C4=CC(=O)O[C@@H](c5ccoc5)[C@]4(C)CC[C@@H]3[C@@]1(C)C2=O. The van der Waals surface area contributed by atoms with Crippen molar-refractivity contribution in [1.82, 2.24) is 0 Å². The summed E-state index contributed by atoms with van der Waals surface area (Å²) in [4.78, 5) is 52.8. The molecular formula is C27H32O8. The molecule has 1 aromatic heterocycles. The van der Waals surface area contributed by atoms with Crippen LogP contribution in [-0.2, 0) is 28.7 Å². The molecule has 8 heteroatoms. The molecule has 2 bridgehead atoms. The van der Waals surface area contributed by atoms with Crippen molar-refractivity contribution < 1.29 is 38.2 Å². The van der Waals surface area contributed by atoms with Gasteiger partial charge in [0.1, 0.15) is 6.10 Å². The van der Waals surface area contributed by atoms with Crippen LogP contribution in [0.4, 0.5) is 0 Å². The zero-order valence-corrected chi connectivity index (χ0v) is 20.8. The van der Waals surface area contributed by atoms with Gasteiger partial charge in [-0.2, -0.15) is 0 Å². The number of aliphatic hydroxyl groups is 1. The summed E-state index contributed by atoms with van der Waals surface area (Å²) in [6, 6.07) is 1.77. The smallest absolute Gasteiger partial charge is 0.331 e. The molecule has 0 radical (unpaired) electrons. The number of furan rings is 1. The zero-order valence-electron chi connectivity index (χ0n) is 20.8. The lowest BCUT2D eigenvalue weighted by Crippen LogP contribution is -2.74. The van der Waals surface area contributed by atoms with Crippen LogP contribution < -0.4 is 0 Å². The van der Waals surface area contributed by atoms with E-state index in [4.69, 9.17) is 13.9 Å². The van der Waals surface area contributed by atoms with E-state index in [1.807, 2.05) is 6.92 Å². The van der Waals surface area contributed by atoms with E-state index in [-0.39, 0.29) is 18.8 Å². The van der Waals surface area contributed by atoms with Gasteiger partial charge in [-0.25, -0.2) is 4.79 Å². The van der Waals surface area contributed by atoms with E-state index in [1.54, 1.807) is 33.1 Å². The van der Waals surface area contributed by atoms with Crippen LogP contribution in [0.15, 0.2) is 34.7 Å². The maximum Gasteiger partial charge on any atom is 0.331 e. The van der Waals surface area contributed by atoms with Gasteiger partial charge < -0.3 is 19.0 Å². The minimum Gasteiger partial charge on any atom is -0.472 e. The quantitative estimate of drug-likeness (QED) is 0.512. The second-order valence-corrected chi connectivity index (χ2v) is 11.7. The summed E-state index contributed by atoms with van der Waals surface area (Å²) in [6.45, 7) is 7.22. The van der Waals surface area contributed by atoms with E-state index in [0.717, 1.165) is 11.1 Å². The molecule has 0 amide bonds. The number of esters is 2. The van der Waals surface area contributed by atoms with E-state index in [2.05, 4.69) is 0 Å². The summed E-state index contributed by atoms with van der Waals surface area (Å²) >= 11 is 0. The van der Waals surface area contributed by atoms with Crippen molar-refractivity contribution in [2.24, 2.45) is 34.0 Å². The summed E-state index contributed by atoms with van der Waals surface area (Å²) in [7, 11) is 1.28. The van der Waals surface area contributed by atoms with Crippen LogP contribution in [0.1, 0.15) is 65.0 Å². The minimum absolute atomic E-state index is 0.0773. The van der Waals surface area contributed by atoms with E-state index in [0.29, 0.717) is 12.8 Å². The Morgan fingerprint density at radius 1 is 1.17 bits per heavy atom. The van der Waals surface area contributed by atoms with Crippen LogP contribution in [0.2, 0.25) is 0 Å². The molecule has 0 saturated heterocycles. The number of hydrogen-bond donors (Lipinski definition) is 1. The van der Waals surface area contributed by atoms with Crippen LogP contribution in [0, 0.1) is 34.0 Å². The summed E-state index contributed by atoms with van der Waals surface area (Å²) in [5, 5.41) is 11.7. The third-order valence-electron chi connectivity index (χ3n) is 9.76. The van der Waals surface area contributed by atoms with Crippen LogP contribution in [0.3, 0.4) is 0 Å². The third-order valence-corrected chi connectivity index (χ3v) is 9.76. The van der Waals surface area contributed by atoms with Crippen molar-refractivity contribution in [1.29, 1.82) is 0 Å². The monoisotopic (exact) mass is 484 g/mol. The number of carbonyl (C=O) groups excluding carboxylic acids is 4. The molecule has 1 N–H and O–H groups in total. The lowest BCUT2D eigenvalue weighted by molar-refractivity contribution is -0.205. The Balaban J connectivity index is 1.66. The largest absolute Gasteiger partial charge is 0.472 e. The first-order valence-electron chi connectivity index (χ1n) is 12.2. The third kappa shape index (κ3) is 2.95. The lowest BCUT2D eigenvalue weighted by atomic mass is 9.38. The Morgan fingerprint density at radius 3 is 2.51 bits per heavy atom. The number of cyclic esters (lactones) is 1. The van der Waals surface area contributed by atoms with Crippen molar-refractivity contribution in [3.63, 3.8) is 0 Å². The average Bonchev–Trinajstić information content (AvgIpc) is 3.34. The van der Waals surface area contributed by atoms with E-state index in [9.17, 15) is 24.3 Å². The molecule has 3 aliphatic carbocycles. The van der Waals surface area contributed by atoms with Crippen molar-refractivity contribution in [2.45, 2.75) is 65.1 Å². The van der Waals surface area contributed by atoms with Gasteiger partial charge in [0.25, 0.3) is 0 Å². The molecule has 1 aromatic rings. The number of ketones is 2. The predicted molar refractivity (Wildman–Crippen MR) is 122 cm³/mol. The zero-order chi connectivity index (χ0) is 25.6. The highest BCUT2D eigenvalue weighted by Gasteiger charge is 2.74. The molecule has 5 rings (SSSR count). The van der Waals surface area contributed by atoms with E-state index >= 15 is 0 Å². The molecule has 3 saturated carbocycles. The Morgan fingerprint density at radius 2 is 1.89 bits per heavy atom. The van der Waals surface area contributed by atoms with Gasteiger partial charge in [-0.05, 0) is 48.7 Å². The highest BCUT2D eigenvalue weighted by atomic mass is 16.5. The maximum atomic E-state index is 13.9. The molecule has 7 atom stereocenters. The van der Waals surface area contributed by atoms with Crippen molar-refractivity contribution in [2.75, 3.05) is 7.11 Å². The summed E-state index contributed by atoms with van der Waals surface area (Å²) < 4.78 is 15.9. The highest BCUT2D eigenvalue weighted by Crippen LogP contribution is 2.68. The van der Waals surface area contributed by atoms with Gasteiger partial charge in [-0.1, -0.05) is 27.7 Å². The first-order chi connectivity index (χ1) is 16.3. The molecule has 8 nitrogen and oxygen atoms in total. The number of ether oxygens (including phenoxy) is 2. The molecule has 188 valence electrons. The van der Waals surface area contributed by atoms with Crippen molar-refractivity contribution in [3.05, 3.63) is 35.8 Å². The number of methoxy groups -OCH3 is 1. The summed E-state index contributed by atoms with van der Waals surface area (Å²) in [5.74, 6) is -3.40. The fourth-order valence-corrected chi connectivity index (χ4v) is 8.03. The number of carbonyl (C=O) groups is 4. The normalized spacial score (nSPS) is 41.9. The van der Waals surface area contributed by atoms with E-state index in [1.165, 1.54) is 19.4 Å². The van der Waals surface area contributed by atoms with Crippen molar-refractivity contribution >= 4 is 23.5 Å². The number of hydrogen-bond acceptors (Lipinski definition) is 8. The predicted octanol–water partition coefficient (Wildman–Crippen LogP) is 3.33. The standard InChI is InChI=1S/C27H32O8/c1-24(2)18(11-19(28)33-5)26(4)16-6-8-25(3)17(15(16)12-27(32,22(24)30)23(26)31)10-20(29)35-21(25)14-7-9-34-13-14/h7,9-10,13,15-16,18,21,32H,6,8,11-12H2,1-5H3/t15-,16+,18+,21+,25-,26-,27-/m1/s1. The van der Waals surface area contributed by atoms with Gasteiger partial charge >= 0.3 is 11.9 Å². The maximum absolute atomic E-state index is 13.9. The first-order valence-corrected chi connectivity index (χ1v) is 12.2. The number of rotatable bonds is 3. The topological polar surface area (TPSA) is 120 Å². The van der Waals surface area contributed by atoms with Crippen LogP contribution in [-0.4, -0.2) is 41.3 Å². The molecule has 4 aliphatic rings. The second-order valence-electron chi connectivity index (χ2n) is 11.7. The molecule has 35 heavy (non-hydrogen) atoms. The van der Waals surface area contributed by atoms with Crippen LogP contribution in [0.25, 0.3) is 0 Å². The molecule has 0 unspecified atom stereocenters. The number of fused-ring (bicyclic) bond motifs is 6. The Kier molecular flexibility index (Phi) is 5.06. The molecule has 1 aliphatic heterocycles. The van der Waals surface area contributed by atoms with Crippen molar-refractivity contribution in [3.8, 4) is 0 Å². The molecule has 0 aromatic carbocycles. The second kappa shape index (κ2) is 7.38. The molecule has 2 heterocycles. The van der Waals surface area contributed by atoms with Gasteiger partial charge in [0, 0.05) is 27.9 Å². The van der Waals surface area contributed by atoms with Gasteiger partial charge in [0.15, 0.2) is 17.2 Å². The summed E-state index contributed by atoms with van der Waals surface area (Å²) in [6.07, 6.45) is 5.06. The molecular weight excluding hydrogens is 452 g/mol. The summed E-state index contributed by atoms with van der Waals surface area (Å²) in [5.41, 5.74) is -3.51. The van der Waals surface area contributed by atoms with Crippen LogP contribution >= 0.6 is 0 Å². The molecule has 0 spiro atoms. The van der Waals surface area contributed by atoms with Gasteiger partial charge in [-0.3, -0.25) is 14.4 Å². The minimum atomic E-state index is -2.18. The molecule has 3 fully saturated rings. The van der Waals surface area contributed by atoms with Gasteiger partial charge in [-0.15, -0.1) is 0 Å². The van der Waals surface area contributed by atoms with Gasteiger partial charge in [0.05, 0.1) is 26.1 Å². The Hall–Kier alpha value is -2.74. The van der Waals surface area contributed by atoms with Crippen LogP contribution in [0.5, 0.6) is 0 Å². The Bertz CT molecular complexity index is 1150. The number of Topliss-reactive ketones (excluding diaryl/α,β-unsaturated/α-hetero) is 2. The fourth-order valence-electron chi connectivity index (χ4n) is 8.03. The lowest BCUT2D eigenvalue weighted by Gasteiger charge is -2.65. The fraction of sp³-hybridized carbons (Fsp3) is 0.630. The van der Waals surface area contributed by atoms with Gasteiger partial charge in [0.2, 0.25) is 0 Å². The first kappa shape index (κ1) is 24.0. The average molecular weight is 485 g/mol. The Labute approximate surface area is 204 Å².